The molecule has 2 aromatic carbocycles. The molecule has 0 radical (unpaired) electrons. The summed E-state index contributed by atoms with van der Waals surface area (Å²) < 4.78 is 12.7. The van der Waals surface area contributed by atoms with Gasteiger partial charge in [0.1, 0.15) is 24.2 Å². The minimum atomic E-state index is -0.245. The summed E-state index contributed by atoms with van der Waals surface area (Å²) in [4.78, 5) is 12.3. The van der Waals surface area contributed by atoms with Crippen LogP contribution >= 0.6 is 0 Å². The van der Waals surface area contributed by atoms with Crippen LogP contribution in [0.3, 0.4) is 0 Å². The van der Waals surface area contributed by atoms with Crippen LogP contribution in [0.2, 0.25) is 0 Å². The maximum Gasteiger partial charge on any atom is 0.262 e. The quantitative estimate of drug-likeness (QED) is 0.643. The molecule has 1 amide bonds. The Hall–Kier alpha value is -3.35. The molecule has 0 aliphatic carbocycles. The van der Waals surface area contributed by atoms with E-state index in [0.717, 1.165) is 17.9 Å². The van der Waals surface area contributed by atoms with Gasteiger partial charge in [0, 0.05) is 5.69 Å². The molecule has 146 valence electrons. The van der Waals surface area contributed by atoms with Gasteiger partial charge in [0.25, 0.3) is 5.91 Å². The fourth-order valence-corrected chi connectivity index (χ4v) is 2.74. The lowest BCUT2D eigenvalue weighted by molar-refractivity contribution is -0.118. The Kier molecular flexibility index (Phi) is 6.26. The number of nitrogens with zero attached hydrogens (tertiary/aromatic N) is 3. The van der Waals surface area contributed by atoms with Gasteiger partial charge in [-0.3, -0.25) is 9.36 Å². The molecule has 1 aromatic heterocycles. The summed E-state index contributed by atoms with van der Waals surface area (Å²) >= 11 is 0. The highest BCUT2D eigenvalue weighted by Crippen LogP contribution is 2.28. The molecule has 1 N–H and O–H groups in total. The third-order valence-electron chi connectivity index (χ3n) is 4.59. The van der Waals surface area contributed by atoms with E-state index < -0.39 is 0 Å². The summed E-state index contributed by atoms with van der Waals surface area (Å²) in [5, 5.41) is 10.5. The molecular formula is C21H24N4O3. The Morgan fingerprint density at radius 3 is 2.50 bits per heavy atom. The van der Waals surface area contributed by atoms with Gasteiger partial charge in [-0.15, -0.1) is 10.2 Å². The van der Waals surface area contributed by atoms with Gasteiger partial charge in [-0.25, -0.2) is 0 Å². The van der Waals surface area contributed by atoms with Crippen molar-refractivity contribution < 1.29 is 14.3 Å². The van der Waals surface area contributed by atoms with Crippen LogP contribution in [0.5, 0.6) is 11.5 Å². The van der Waals surface area contributed by atoms with E-state index in [-0.39, 0.29) is 12.5 Å². The van der Waals surface area contributed by atoms with Crippen LogP contribution in [-0.2, 0) is 4.79 Å². The smallest absolute Gasteiger partial charge is 0.262 e. The molecule has 0 bridgehead atoms. The predicted octanol–water partition coefficient (Wildman–Crippen LogP) is 3.81. The van der Waals surface area contributed by atoms with E-state index in [1.54, 1.807) is 48.6 Å². The number of ether oxygens (including phenoxy) is 2. The number of benzene rings is 2. The second-order valence-corrected chi connectivity index (χ2v) is 6.47. The fraction of sp³-hybridized carbons (Fsp3) is 0.286. The van der Waals surface area contributed by atoms with Gasteiger partial charge in [0.05, 0.1) is 12.8 Å². The third kappa shape index (κ3) is 4.68. The molecule has 0 aliphatic heterocycles. The van der Waals surface area contributed by atoms with Crippen LogP contribution in [0.4, 0.5) is 5.69 Å². The molecule has 0 saturated heterocycles. The minimum Gasteiger partial charge on any atom is -0.497 e. The lowest BCUT2D eigenvalue weighted by Crippen LogP contribution is -2.20. The molecule has 7 heteroatoms. The number of carbonyl (C=O) groups is 1. The first-order valence-electron chi connectivity index (χ1n) is 9.16. The summed E-state index contributed by atoms with van der Waals surface area (Å²) in [5.74, 6) is 1.50. The predicted molar refractivity (Wildman–Crippen MR) is 107 cm³/mol. The first-order valence-corrected chi connectivity index (χ1v) is 9.16. The van der Waals surface area contributed by atoms with E-state index in [4.69, 9.17) is 9.47 Å². The normalized spacial score (nSPS) is 11.7. The molecule has 0 aliphatic rings. The van der Waals surface area contributed by atoms with Gasteiger partial charge in [0.2, 0.25) is 0 Å². The highest BCUT2D eigenvalue weighted by molar-refractivity contribution is 5.91. The Balaban J connectivity index is 1.71. The van der Waals surface area contributed by atoms with Crippen LogP contribution in [0.15, 0.2) is 55.1 Å². The van der Waals surface area contributed by atoms with Gasteiger partial charge in [0.15, 0.2) is 6.61 Å². The van der Waals surface area contributed by atoms with E-state index in [0.29, 0.717) is 17.4 Å². The molecule has 1 heterocycles. The molecule has 3 aromatic rings. The first-order chi connectivity index (χ1) is 13.6. The zero-order valence-corrected chi connectivity index (χ0v) is 16.3. The molecule has 0 fully saturated rings. The molecule has 7 nitrogen and oxygen atoms in total. The molecule has 0 unspecified atom stereocenters. The topological polar surface area (TPSA) is 78.3 Å². The van der Waals surface area contributed by atoms with Crippen molar-refractivity contribution in [1.82, 2.24) is 14.8 Å². The summed E-state index contributed by atoms with van der Waals surface area (Å²) in [6.45, 7) is 4.22. The highest BCUT2D eigenvalue weighted by atomic mass is 16.5. The van der Waals surface area contributed by atoms with E-state index in [9.17, 15) is 4.79 Å². The molecule has 3 rings (SSSR count). The highest BCUT2D eigenvalue weighted by Gasteiger charge is 2.13. The van der Waals surface area contributed by atoms with Gasteiger partial charge in [-0.2, -0.15) is 0 Å². The Labute approximate surface area is 164 Å². The number of aromatic nitrogens is 3. The SMILES string of the molecule is CC[C@H](C)c1ccc(OCC(=O)Nc2ccc(OC)cc2)c(-n2cnnc2)c1. The number of nitrogens with one attached hydrogen (secondary N) is 1. The first kappa shape index (κ1) is 19.4. The fourth-order valence-electron chi connectivity index (χ4n) is 2.74. The largest absolute Gasteiger partial charge is 0.497 e. The van der Waals surface area contributed by atoms with Gasteiger partial charge in [-0.05, 0) is 54.3 Å². The van der Waals surface area contributed by atoms with Crippen molar-refractivity contribution in [2.24, 2.45) is 0 Å². The monoisotopic (exact) mass is 380 g/mol. The van der Waals surface area contributed by atoms with Crippen molar-refractivity contribution in [2.75, 3.05) is 19.0 Å². The van der Waals surface area contributed by atoms with Crippen LogP contribution in [0.1, 0.15) is 31.7 Å². The van der Waals surface area contributed by atoms with E-state index >= 15 is 0 Å². The third-order valence-corrected chi connectivity index (χ3v) is 4.59. The lowest BCUT2D eigenvalue weighted by atomic mass is 9.98. The van der Waals surface area contributed by atoms with Crippen LogP contribution < -0.4 is 14.8 Å². The average Bonchev–Trinajstić information content (AvgIpc) is 3.27. The second-order valence-electron chi connectivity index (χ2n) is 6.47. The maximum atomic E-state index is 12.3. The van der Waals surface area contributed by atoms with E-state index in [1.165, 1.54) is 5.56 Å². The Morgan fingerprint density at radius 1 is 1.14 bits per heavy atom. The zero-order valence-electron chi connectivity index (χ0n) is 16.3. The van der Waals surface area contributed by atoms with Crippen molar-refractivity contribution in [3.05, 3.63) is 60.7 Å². The van der Waals surface area contributed by atoms with Gasteiger partial charge in [-0.1, -0.05) is 19.9 Å². The van der Waals surface area contributed by atoms with Crippen LogP contribution in [-0.4, -0.2) is 34.4 Å². The number of amides is 1. The summed E-state index contributed by atoms with van der Waals surface area (Å²) in [5.41, 5.74) is 2.68. The average molecular weight is 380 g/mol. The van der Waals surface area contributed by atoms with E-state index in [1.807, 2.05) is 18.2 Å². The van der Waals surface area contributed by atoms with Crippen molar-refractivity contribution in [3.63, 3.8) is 0 Å². The number of hydrogen-bond acceptors (Lipinski definition) is 5. The molecular weight excluding hydrogens is 356 g/mol. The summed E-state index contributed by atoms with van der Waals surface area (Å²) in [7, 11) is 1.60. The zero-order chi connectivity index (χ0) is 19.9. The van der Waals surface area contributed by atoms with E-state index in [2.05, 4.69) is 29.4 Å². The number of hydrogen-bond donors (Lipinski definition) is 1. The van der Waals surface area contributed by atoms with Crippen molar-refractivity contribution in [1.29, 1.82) is 0 Å². The molecule has 0 spiro atoms. The van der Waals surface area contributed by atoms with Crippen LogP contribution in [0, 0.1) is 0 Å². The molecule has 0 saturated carbocycles. The van der Waals surface area contributed by atoms with Crippen LogP contribution in [0.25, 0.3) is 5.69 Å². The van der Waals surface area contributed by atoms with Crippen molar-refractivity contribution >= 4 is 11.6 Å². The maximum absolute atomic E-state index is 12.3. The number of anilines is 1. The van der Waals surface area contributed by atoms with Crippen molar-refractivity contribution in [2.45, 2.75) is 26.2 Å². The lowest BCUT2D eigenvalue weighted by Gasteiger charge is -2.16. The molecule has 28 heavy (non-hydrogen) atoms. The Bertz CT molecular complexity index is 908. The minimum absolute atomic E-state index is 0.107. The van der Waals surface area contributed by atoms with Crippen molar-refractivity contribution in [3.8, 4) is 17.2 Å². The number of rotatable bonds is 8. The van der Waals surface area contributed by atoms with Gasteiger partial charge < -0.3 is 14.8 Å². The summed E-state index contributed by atoms with van der Waals surface area (Å²) in [6, 6.07) is 13.1. The standard InChI is InChI=1S/C21H24N4O3/c1-4-15(2)16-5-10-20(19(11-16)25-13-22-23-14-25)28-12-21(26)24-17-6-8-18(27-3)9-7-17/h5-11,13-15H,4,12H2,1-3H3,(H,24,26)/t15-/m0/s1. The number of carbonyl (C=O) groups excluding carboxylic acids is 1. The van der Waals surface area contributed by atoms with Gasteiger partial charge >= 0.3 is 0 Å². The second kappa shape index (κ2) is 9.03. The molecule has 1 atom stereocenters. The number of methoxy groups -OCH3 is 1. The Morgan fingerprint density at radius 2 is 1.86 bits per heavy atom. The summed E-state index contributed by atoms with van der Waals surface area (Å²) in [6.07, 6.45) is 4.26.